The summed E-state index contributed by atoms with van der Waals surface area (Å²) >= 11 is 12.1. The monoisotopic (exact) mass is 491 g/mol. The number of rotatable bonds is 8. The van der Waals surface area contributed by atoms with Crippen LogP contribution in [0.25, 0.3) is 0 Å². The molecule has 166 valence electrons. The Kier molecular flexibility index (Phi) is 7.74. The Morgan fingerprint density at radius 3 is 2.38 bits per heavy atom. The predicted molar refractivity (Wildman–Crippen MR) is 126 cm³/mol. The Morgan fingerprint density at radius 1 is 1.03 bits per heavy atom. The van der Waals surface area contributed by atoms with Gasteiger partial charge in [0.2, 0.25) is 0 Å². The topological polar surface area (TPSA) is 88.1 Å². The maximum atomic E-state index is 13.3. The minimum Gasteiger partial charge on any atom is -0.497 e. The van der Waals surface area contributed by atoms with Gasteiger partial charge in [0.15, 0.2) is 0 Å². The van der Waals surface area contributed by atoms with Gasteiger partial charge in [-0.2, -0.15) is 5.10 Å². The Balaban J connectivity index is 1.85. The first-order valence-corrected chi connectivity index (χ1v) is 11.5. The van der Waals surface area contributed by atoms with Crippen molar-refractivity contribution in [3.63, 3.8) is 0 Å². The molecule has 32 heavy (non-hydrogen) atoms. The van der Waals surface area contributed by atoms with Crippen molar-refractivity contribution >= 4 is 51.0 Å². The minimum absolute atomic E-state index is 0.0174. The number of carbonyl (C=O) groups is 1. The molecule has 7 nitrogen and oxygen atoms in total. The number of hydrogen-bond donors (Lipinski definition) is 1. The van der Waals surface area contributed by atoms with Crippen LogP contribution in [0.2, 0.25) is 10.0 Å². The van der Waals surface area contributed by atoms with Gasteiger partial charge in [-0.25, -0.2) is 13.8 Å². The summed E-state index contributed by atoms with van der Waals surface area (Å²) in [4.78, 5) is 12.6. The van der Waals surface area contributed by atoms with Crippen molar-refractivity contribution in [3.05, 3.63) is 88.4 Å². The normalized spacial score (nSPS) is 11.3. The van der Waals surface area contributed by atoms with Crippen molar-refractivity contribution in [3.8, 4) is 5.75 Å². The molecular formula is C22H19Cl2N3O4S. The molecular weight excluding hydrogens is 473 g/mol. The summed E-state index contributed by atoms with van der Waals surface area (Å²) in [5.41, 5.74) is 3.18. The van der Waals surface area contributed by atoms with Crippen molar-refractivity contribution in [2.24, 2.45) is 5.10 Å². The summed E-state index contributed by atoms with van der Waals surface area (Å²) in [6, 6.07) is 19.1. The molecule has 0 unspecified atom stereocenters. The molecule has 0 atom stereocenters. The third-order valence-corrected chi connectivity index (χ3v) is 6.47. The molecule has 0 saturated carbocycles. The van der Waals surface area contributed by atoms with Crippen LogP contribution in [-0.2, 0) is 14.8 Å². The molecule has 0 spiro atoms. The second-order valence-corrected chi connectivity index (χ2v) is 9.26. The van der Waals surface area contributed by atoms with E-state index >= 15 is 0 Å². The molecule has 0 bridgehead atoms. The minimum atomic E-state index is -4.08. The van der Waals surface area contributed by atoms with Crippen molar-refractivity contribution in [1.29, 1.82) is 0 Å². The molecule has 0 aliphatic heterocycles. The molecule has 3 rings (SSSR count). The molecule has 0 aliphatic rings. The molecule has 10 heteroatoms. The van der Waals surface area contributed by atoms with Gasteiger partial charge >= 0.3 is 0 Å². The van der Waals surface area contributed by atoms with Crippen LogP contribution in [0.15, 0.2) is 82.8 Å². The highest BCUT2D eigenvalue weighted by atomic mass is 35.5. The van der Waals surface area contributed by atoms with Gasteiger partial charge in [-0.3, -0.25) is 9.10 Å². The SMILES string of the molecule is COc1cccc(/C=N/NC(=O)CN(c2cc(Cl)cc(Cl)c2)S(=O)(=O)c2ccccc2)c1. The first-order chi connectivity index (χ1) is 15.3. The molecule has 3 aromatic carbocycles. The van der Waals surface area contributed by atoms with E-state index in [1.807, 2.05) is 0 Å². The van der Waals surface area contributed by atoms with Gasteiger partial charge in [-0.05, 0) is 48.0 Å². The number of methoxy groups -OCH3 is 1. The fraction of sp³-hybridized carbons (Fsp3) is 0.0909. The van der Waals surface area contributed by atoms with Crippen LogP contribution >= 0.6 is 23.2 Å². The van der Waals surface area contributed by atoms with E-state index in [4.69, 9.17) is 27.9 Å². The van der Waals surface area contributed by atoms with Crippen LogP contribution in [0, 0.1) is 0 Å². The van der Waals surface area contributed by atoms with Crippen LogP contribution in [-0.4, -0.2) is 34.2 Å². The van der Waals surface area contributed by atoms with Crippen molar-refractivity contribution in [1.82, 2.24) is 5.43 Å². The zero-order chi connectivity index (χ0) is 23.1. The highest BCUT2D eigenvalue weighted by molar-refractivity contribution is 7.92. The maximum absolute atomic E-state index is 13.3. The molecule has 0 heterocycles. The van der Waals surface area contributed by atoms with E-state index in [0.29, 0.717) is 11.3 Å². The zero-order valence-electron chi connectivity index (χ0n) is 16.9. The van der Waals surface area contributed by atoms with E-state index in [0.717, 1.165) is 4.31 Å². The number of ether oxygens (including phenoxy) is 1. The summed E-state index contributed by atoms with van der Waals surface area (Å²) < 4.78 is 32.6. The van der Waals surface area contributed by atoms with E-state index in [9.17, 15) is 13.2 Å². The standard InChI is InChI=1S/C22H19Cl2N3O4S/c1-31-20-7-5-6-16(10-20)14-25-26-22(28)15-27(19-12-17(23)11-18(24)13-19)32(29,30)21-8-3-2-4-9-21/h2-14H,15H2,1H3,(H,26,28)/b25-14+. The Hall–Kier alpha value is -3.07. The number of carbonyl (C=O) groups excluding carboxylic acids is 1. The highest BCUT2D eigenvalue weighted by Crippen LogP contribution is 2.29. The lowest BCUT2D eigenvalue weighted by atomic mass is 10.2. The Labute approximate surface area is 196 Å². The fourth-order valence-corrected chi connectivity index (χ4v) is 4.72. The number of nitrogens with zero attached hydrogens (tertiary/aromatic N) is 2. The van der Waals surface area contributed by atoms with Crippen molar-refractivity contribution in [2.75, 3.05) is 18.0 Å². The number of amides is 1. The maximum Gasteiger partial charge on any atom is 0.264 e. The van der Waals surface area contributed by atoms with E-state index in [1.54, 1.807) is 49.6 Å². The van der Waals surface area contributed by atoms with Gasteiger partial charge in [-0.1, -0.05) is 53.5 Å². The van der Waals surface area contributed by atoms with Gasteiger partial charge < -0.3 is 4.74 Å². The first kappa shape index (κ1) is 23.6. The second-order valence-electron chi connectivity index (χ2n) is 6.52. The van der Waals surface area contributed by atoms with Crippen molar-refractivity contribution < 1.29 is 17.9 Å². The number of hydrogen-bond acceptors (Lipinski definition) is 5. The summed E-state index contributed by atoms with van der Waals surface area (Å²) in [5, 5.41) is 4.37. The summed E-state index contributed by atoms with van der Waals surface area (Å²) in [5.74, 6) is -0.0157. The third kappa shape index (κ3) is 6.00. The molecule has 0 aliphatic carbocycles. The second kappa shape index (κ2) is 10.5. The number of sulfonamides is 1. The predicted octanol–water partition coefficient (Wildman–Crippen LogP) is 4.35. The molecule has 0 radical (unpaired) electrons. The average molecular weight is 492 g/mol. The van der Waals surface area contributed by atoms with Crippen LogP contribution < -0.4 is 14.5 Å². The van der Waals surface area contributed by atoms with Gasteiger partial charge in [0, 0.05) is 10.0 Å². The molecule has 0 aromatic heterocycles. The van der Waals surface area contributed by atoms with Crippen molar-refractivity contribution in [2.45, 2.75) is 4.90 Å². The van der Waals surface area contributed by atoms with E-state index in [2.05, 4.69) is 10.5 Å². The highest BCUT2D eigenvalue weighted by Gasteiger charge is 2.27. The number of hydrazone groups is 1. The van der Waals surface area contributed by atoms with Gasteiger partial charge in [0.25, 0.3) is 15.9 Å². The van der Waals surface area contributed by atoms with E-state index in [-0.39, 0.29) is 20.6 Å². The molecule has 3 aromatic rings. The largest absolute Gasteiger partial charge is 0.497 e. The average Bonchev–Trinajstić information content (AvgIpc) is 2.77. The third-order valence-electron chi connectivity index (χ3n) is 4.25. The van der Waals surface area contributed by atoms with Gasteiger partial charge in [0.05, 0.1) is 23.9 Å². The van der Waals surface area contributed by atoms with E-state index in [1.165, 1.54) is 36.5 Å². The summed E-state index contributed by atoms with van der Waals surface area (Å²) in [6.45, 7) is -0.538. The summed E-state index contributed by atoms with van der Waals surface area (Å²) in [6.07, 6.45) is 1.42. The number of halogens is 2. The Morgan fingerprint density at radius 2 is 1.72 bits per heavy atom. The van der Waals surface area contributed by atoms with Crippen LogP contribution in [0.5, 0.6) is 5.75 Å². The first-order valence-electron chi connectivity index (χ1n) is 9.29. The summed E-state index contributed by atoms with van der Waals surface area (Å²) in [7, 11) is -2.54. The number of benzene rings is 3. The van der Waals surface area contributed by atoms with Gasteiger partial charge in [0.1, 0.15) is 12.3 Å². The van der Waals surface area contributed by atoms with Crippen LogP contribution in [0.1, 0.15) is 5.56 Å². The lowest BCUT2D eigenvalue weighted by Gasteiger charge is -2.24. The van der Waals surface area contributed by atoms with Gasteiger partial charge in [-0.15, -0.1) is 0 Å². The lowest BCUT2D eigenvalue weighted by molar-refractivity contribution is -0.119. The van der Waals surface area contributed by atoms with E-state index < -0.39 is 22.5 Å². The molecule has 1 amide bonds. The molecule has 0 saturated heterocycles. The molecule has 0 fully saturated rings. The quantitative estimate of drug-likeness (QED) is 0.374. The van der Waals surface area contributed by atoms with Crippen LogP contribution in [0.4, 0.5) is 5.69 Å². The van der Waals surface area contributed by atoms with Crippen LogP contribution in [0.3, 0.4) is 0 Å². The smallest absolute Gasteiger partial charge is 0.264 e. The fourth-order valence-electron chi connectivity index (χ4n) is 2.78. The molecule has 1 N–H and O–H groups in total. The zero-order valence-corrected chi connectivity index (χ0v) is 19.2. The Bertz CT molecular complexity index is 1210. The lowest BCUT2D eigenvalue weighted by Crippen LogP contribution is -2.39. The number of anilines is 1. The number of nitrogens with one attached hydrogen (secondary N) is 1.